The molecule has 1 unspecified atom stereocenters. The summed E-state index contributed by atoms with van der Waals surface area (Å²) in [4.78, 5) is 4.00. The van der Waals surface area contributed by atoms with E-state index in [1.165, 1.54) is 29.5 Å². The van der Waals surface area contributed by atoms with E-state index >= 15 is 0 Å². The lowest BCUT2D eigenvalue weighted by molar-refractivity contribution is 0.544. The monoisotopic (exact) mass is 240 g/mol. The van der Waals surface area contributed by atoms with E-state index in [1.807, 2.05) is 0 Å². The van der Waals surface area contributed by atoms with Crippen molar-refractivity contribution >= 4 is 16.5 Å². The van der Waals surface area contributed by atoms with Crippen molar-refractivity contribution in [2.24, 2.45) is 0 Å². The van der Waals surface area contributed by atoms with E-state index < -0.39 is 17.7 Å². The molecule has 2 rings (SSSR count). The number of benzene rings is 1. The predicted octanol–water partition coefficient (Wildman–Crippen LogP) is 3.59. The third-order valence-corrected chi connectivity index (χ3v) is 2.91. The minimum Gasteiger partial charge on any atom is -0.355 e. The molecule has 0 saturated heterocycles. The molecule has 0 aliphatic heterocycles. The van der Waals surface area contributed by atoms with Gasteiger partial charge < -0.3 is 5.32 Å². The third kappa shape index (κ3) is 2.19. The molecule has 0 bridgehead atoms. The van der Waals surface area contributed by atoms with E-state index in [1.54, 1.807) is 18.5 Å². The van der Waals surface area contributed by atoms with Crippen molar-refractivity contribution in [1.29, 1.82) is 0 Å². The Bertz CT molecular complexity index is 451. The van der Waals surface area contributed by atoms with E-state index in [9.17, 15) is 8.78 Å². The lowest BCUT2D eigenvalue weighted by atomic mass is 10.1. The van der Waals surface area contributed by atoms with Crippen LogP contribution in [-0.2, 0) is 0 Å². The summed E-state index contributed by atoms with van der Waals surface area (Å²) in [5.74, 6) is -1.09. The van der Waals surface area contributed by atoms with Crippen molar-refractivity contribution in [3.63, 3.8) is 0 Å². The van der Waals surface area contributed by atoms with E-state index in [-0.39, 0.29) is 5.56 Å². The lowest BCUT2D eigenvalue weighted by Crippen LogP contribution is -2.10. The van der Waals surface area contributed by atoms with Crippen LogP contribution in [0.3, 0.4) is 0 Å². The van der Waals surface area contributed by atoms with Crippen LogP contribution in [-0.4, -0.2) is 4.98 Å². The fourth-order valence-electron chi connectivity index (χ4n) is 1.48. The number of hydrogen-bond donors (Lipinski definition) is 1. The van der Waals surface area contributed by atoms with Gasteiger partial charge in [0.1, 0.15) is 11.6 Å². The van der Waals surface area contributed by atoms with Crippen molar-refractivity contribution in [3.8, 4) is 0 Å². The van der Waals surface area contributed by atoms with Crippen LogP contribution in [0.25, 0.3) is 0 Å². The molecule has 5 heteroatoms. The molecule has 1 heterocycles. The number of hydrogen-bond acceptors (Lipinski definition) is 3. The summed E-state index contributed by atoms with van der Waals surface area (Å²) >= 11 is 1.39. The van der Waals surface area contributed by atoms with Gasteiger partial charge in [0.25, 0.3) is 0 Å². The lowest BCUT2D eigenvalue weighted by Gasteiger charge is -2.14. The Labute approximate surface area is 96.0 Å². The maximum atomic E-state index is 13.4. The molecule has 2 aromatic rings. The van der Waals surface area contributed by atoms with Crippen LogP contribution < -0.4 is 5.32 Å². The number of aromatic nitrogens is 1. The van der Waals surface area contributed by atoms with Crippen LogP contribution in [0.1, 0.15) is 18.5 Å². The highest BCUT2D eigenvalue weighted by Gasteiger charge is 2.16. The molecule has 1 aromatic heterocycles. The molecule has 1 aromatic carbocycles. The number of anilines is 1. The first-order valence-electron chi connectivity index (χ1n) is 4.78. The molecule has 16 heavy (non-hydrogen) atoms. The van der Waals surface area contributed by atoms with Crippen LogP contribution in [0.15, 0.2) is 29.8 Å². The smallest absolute Gasteiger partial charge is 0.183 e. The molecule has 0 amide bonds. The first-order valence-corrected chi connectivity index (χ1v) is 5.66. The molecular formula is C11H10F2N2S. The Balaban J connectivity index is 2.24. The summed E-state index contributed by atoms with van der Waals surface area (Å²) in [5, 5.41) is 5.39. The van der Waals surface area contributed by atoms with Gasteiger partial charge in [-0.1, -0.05) is 6.07 Å². The Morgan fingerprint density at radius 2 is 2.00 bits per heavy atom. The Morgan fingerprint density at radius 1 is 1.31 bits per heavy atom. The highest BCUT2D eigenvalue weighted by Crippen LogP contribution is 2.24. The maximum Gasteiger partial charge on any atom is 0.183 e. The minimum atomic E-state index is -0.545. The highest BCUT2D eigenvalue weighted by atomic mass is 32.1. The standard InChI is InChI=1S/C11H10F2N2S/c1-7(15-11-14-5-6-16-11)10-8(12)3-2-4-9(10)13/h2-7H,1H3,(H,14,15). The van der Waals surface area contributed by atoms with Crippen LogP contribution in [0, 0.1) is 11.6 Å². The maximum absolute atomic E-state index is 13.4. The number of nitrogens with one attached hydrogen (secondary N) is 1. The van der Waals surface area contributed by atoms with E-state index in [4.69, 9.17) is 0 Å². The molecule has 0 aliphatic carbocycles. The summed E-state index contributed by atoms with van der Waals surface area (Å²) < 4.78 is 26.9. The number of rotatable bonds is 3. The zero-order valence-electron chi connectivity index (χ0n) is 8.58. The van der Waals surface area contributed by atoms with Gasteiger partial charge in [0.05, 0.1) is 6.04 Å². The van der Waals surface area contributed by atoms with Gasteiger partial charge >= 0.3 is 0 Å². The summed E-state index contributed by atoms with van der Waals surface area (Å²) in [7, 11) is 0. The summed E-state index contributed by atoms with van der Waals surface area (Å²) in [6.07, 6.45) is 1.64. The summed E-state index contributed by atoms with van der Waals surface area (Å²) in [6.45, 7) is 1.70. The van der Waals surface area contributed by atoms with Crippen molar-refractivity contribution < 1.29 is 8.78 Å². The topological polar surface area (TPSA) is 24.9 Å². The average molecular weight is 240 g/mol. The van der Waals surface area contributed by atoms with Crippen LogP contribution >= 0.6 is 11.3 Å². The second-order valence-corrected chi connectivity index (χ2v) is 4.23. The fourth-order valence-corrected chi connectivity index (χ4v) is 2.09. The molecule has 0 aliphatic rings. The predicted molar refractivity (Wildman–Crippen MR) is 60.5 cm³/mol. The van der Waals surface area contributed by atoms with Gasteiger partial charge in [-0.3, -0.25) is 0 Å². The molecule has 1 N–H and O–H groups in total. The Hall–Kier alpha value is -1.49. The van der Waals surface area contributed by atoms with Crippen LogP contribution in [0.2, 0.25) is 0 Å². The van der Waals surface area contributed by atoms with E-state index in [0.29, 0.717) is 5.13 Å². The second kappa shape index (κ2) is 4.57. The molecule has 1 atom stereocenters. The summed E-state index contributed by atoms with van der Waals surface area (Å²) in [5.41, 5.74) is 0.0395. The quantitative estimate of drug-likeness (QED) is 0.886. The van der Waals surface area contributed by atoms with Crippen LogP contribution in [0.4, 0.5) is 13.9 Å². The molecule has 84 valence electrons. The Morgan fingerprint density at radius 3 is 2.56 bits per heavy atom. The average Bonchev–Trinajstić information content (AvgIpc) is 2.70. The van der Waals surface area contributed by atoms with Gasteiger partial charge in [-0.2, -0.15) is 0 Å². The Kier molecular flexibility index (Phi) is 3.14. The SMILES string of the molecule is CC(Nc1nccs1)c1c(F)cccc1F. The number of thiazole rings is 1. The van der Waals surface area contributed by atoms with E-state index in [0.717, 1.165) is 0 Å². The molecular weight excluding hydrogens is 230 g/mol. The largest absolute Gasteiger partial charge is 0.355 e. The summed E-state index contributed by atoms with van der Waals surface area (Å²) in [6, 6.07) is 3.40. The number of nitrogens with zero attached hydrogens (tertiary/aromatic N) is 1. The molecule has 0 fully saturated rings. The molecule has 0 radical (unpaired) electrons. The highest BCUT2D eigenvalue weighted by molar-refractivity contribution is 7.13. The third-order valence-electron chi connectivity index (χ3n) is 2.21. The molecule has 0 spiro atoms. The first-order chi connectivity index (χ1) is 7.68. The molecule has 0 saturated carbocycles. The van der Waals surface area contributed by atoms with E-state index in [2.05, 4.69) is 10.3 Å². The van der Waals surface area contributed by atoms with Crippen molar-refractivity contribution in [2.75, 3.05) is 5.32 Å². The zero-order chi connectivity index (χ0) is 11.5. The molecule has 2 nitrogen and oxygen atoms in total. The number of halogens is 2. The normalized spacial score (nSPS) is 12.4. The van der Waals surface area contributed by atoms with Gasteiger partial charge in [0.2, 0.25) is 0 Å². The van der Waals surface area contributed by atoms with Gasteiger partial charge in [-0.25, -0.2) is 13.8 Å². The first kappa shape index (κ1) is 11.0. The van der Waals surface area contributed by atoms with Crippen molar-refractivity contribution in [1.82, 2.24) is 4.98 Å². The van der Waals surface area contributed by atoms with Crippen molar-refractivity contribution in [3.05, 3.63) is 47.0 Å². The van der Waals surface area contributed by atoms with Crippen molar-refractivity contribution in [2.45, 2.75) is 13.0 Å². The fraction of sp³-hybridized carbons (Fsp3) is 0.182. The van der Waals surface area contributed by atoms with Crippen LogP contribution in [0.5, 0.6) is 0 Å². The van der Waals surface area contributed by atoms with Gasteiger partial charge in [0, 0.05) is 17.1 Å². The van der Waals surface area contributed by atoms with Gasteiger partial charge in [0.15, 0.2) is 5.13 Å². The zero-order valence-corrected chi connectivity index (χ0v) is 9.39. The second-order valence-electron chi connectivity index (χ2n) is 3.34. The minimum absolute atomic E-state index is 0.0395. The van der Waals surface area contributed by atoms with Gasteiger partial charge in [-0.05, 0) is 19.1 Å². The van der Waals surface area contributed by atoms with Gasteiger partial charge in [-0.15, -0.1) is 11.3 Å².